The summed E-state index contributed by atoms with van der Waals surface area (Å²) >= 11 is 3.69. The average Bonchev–Trinajstić information content (AvgIpc) is 3.22. The Labute approximate surface area is 179 Å². The first kappa shape index (κ1) is 18.5. The number of anilines is 2. The molecule has 0 amide bonds. The Kier molecular flexibility index (Phi) is 4.90. The number of para-hydroxylation sites is 3. The minimum Gasteiger partial charge on any atom is -0.325 e. The molecule has 1 atom stereocenters. The molecule has 0 N–H and O–H groups in total. The van der Waals surface area contributed by atoms with E-state index < -0.39 is 0 Å². The van der Waals surface area contributed by atoms with Crippen molar-refractivity contribution in [3.05, 3.63) is 95.0 Å². The highest BCUT2D eigenvalue weighted by molar-refractivity contribution is 7.99. The van der Waals surface area contributed by atoms with Gasteiger partial charge in [0.05, 0.1) is 10.2 Å². The second kappa shape index (κ2) is 7.69. The highest BCUT2D eigenvalue weighted by Gasteiger charge is 2.32. The van der Waals surface area contributed by atoms with E-state index in [-0.39, 0.29) is 5.37 Å². The first-order valence-corrected chi connectivity index (χ1v) is 11.9. The molecule has 0 saturated carbocycles. The van der Waals surface area contributed by atoms with Crippen LogP contribution in [0.3, 0.4) is 0 Å². The van der Waals surface area contributed by atoms with Gasteiger partial charge in [-0.25, -0.2) is 4.98 Å². The van der Waals surface area contributed by atoms with E-state index in [0.717, 1.165) is 16.9 Å². The molecule has 2 heterocycles. The van der Waals surface area contributed by atoms with E-state index in [4.69, 9.17) is 4.98 Å². The number of allylic oxidation sites excluding steroid dienone is 1. The monoisotopic (exact) mass is 414 g/mol. The van der Waals surface area contributed by atoms with E-state index in [1.807, 2.05) is 11.8 Å². The van der Waals surface area contributed by atoms with Crippen LogP contribution in [-0.4, -0.2) is 16.6 Å². The minimum atomic E-state index is 0.249. The van der Waals surface area contributed by atoms with Crippen molar-refractivity contribution >= 4 is 50.3 Å². The minimum absolute atomic E-state index is 0.249. The van der Waals surface area contributed by atoms with Gasteiger partial charge in [0.25, 0.3) is 0 Å². The molecule has 29 heavy (non-hydrogen) atoms. The molecular weight excluding hydrogens is 392 g/mol. The Morgan fingerprint density at radius 1 is 0.966 bits per heavy atom. The molecule has 0 aliphatic carbocycles. The van der Waals surface area contributed by atoms with Crippen LogP contribution in [0, 0.1) is 0 Å². The highest BCUT2D eigenvalue weighted by atomic mass is 32.2. The van der Waals surface area contributed by atoms with Gasteiger partial charge in [-0.1, -0.05) is 48.5 Å². The van der Waals surface area contributed by atoms with Gasteiger partial charge in [-0.15, -0.1) is 23.1 Å². The standard InChI is InChI=1S/C25H22N2S2/c1-17(24-26-21-13-7-9-15-23(21)29-24)20-16-18-10-6-8-14-22(18)27(25(20)28-2)19-11-4-3-5-12-19/h3-15,25H,16H2,1-2H3. The van der Waals surface area contributed by atoms with Gasteiger partial charge in [0, 0.05) is 11.4 Å². The number of hydrogen-bond donors (Lipinski definition) is 0. The third-order valence-electron chi connectivity index (χ3n) is 5.52. The Hall–Kier alpha value is -2.56. The molecule has 0 radical (unpaired) electrons. The molecule has 4 aromatic rings. The first-order chi connectivity index (χ1) is 14.3. The maximum Gasteiger partial charge on any atom is 0.120 e. The molecule has 4 heteroatoms. The molecule has 1 aromatic heterocycles. The molecule has 1 aliphatic heterocycles. The van der Waals surface area contributed by atoms with Gasteiger partial charge < -0.3 is 4.90 Å². The molecule has 1 unspecified atom stereocenters. The number of nitrogens with zero attached hydrogens (tertiary/aromatic N) is 2. The zero-order valence-corrected chi connectivity index (χ0v) is 18.1. The fourth-order valence-corrected chi connectivity index (χ4v) is 6.06. The van der Waals surface area contributed by atoms with Gasteiger partial charge in [0.1, 0.15) is 10.4 Å². The van der Waals surface area contributed by atoms with Crippen LogP contribution in [0.2, 0.25) is 0 Å². The van der Waals surface area contributed by atoms with E-state index in [2.05, 4.69) is 96.9 Å². The quantitative estimate of drug-likeness (QED) is 0.354. The fourth-order valence-electron chi connectivity index (χ4n) is 4.07. The Balaban J connectivity index is 1.69. The largest absolute Gasteiger partial charge is 0.325 e. The molecule has 0 fully saturated rings. The third-order valence-corrected chi connectivity index (χ3v) is 7.62. The van der Waals surface area contributed by atoms with E-state index in [1.54, 1.807) is 11.3 Å². The summed E-state index contributed by atoms with van der Waals surface area (Å²) in [5.74, 6) is 0. The molecule has 0 bridgehead atoms. The zero-order valence-electron chi connectivity index (χ0n) is 16.5. The maximum atomic E-state index is 4.94. The van der Waals surface area contributed by atoms with Crippen molar-refractivity contribution in [1.29, 1.82) is 0 Å². The molecule has 3 aromatic carbocycles. The summed E-state index contributed by atoms with van der Waals surface area (Å²) in [5.41, 5.74) is 7.74. The van der Waals surface area contributed by atoms with Gasteiger partial charge in [-0.3, -0.25) is 0 Å². The highest BCUT2D eigenvalue weighted by Crippen LogP contribution is 2.45. The van der Waals surface area contributed by atoms with Crippen LogP contribution in [0.1, 0.15) is 17.5 Å². The second-order valence-electron chi connectivity index (χ2n) is 7.24. The fraction of sp³-hybridized carbons (Fsp3) is 0.160. The van der Waals surface area contributed by atoms with E-state index in [9.17, 15) is 0 Å². The predicted molar refractivity (Wildman–Crippen MR) is 128 cm³/mol. The topological polar surface area (TPSA) is 16.1 Å². The lowest BCUT2D eigenvalue weighted by Gasteiger charge is -2.40. The van der Waals surface area contributed by atoms with Crippen molar-refractivity contribution in [2.75, 3.05) is 11.2 Å². The lowest BCUT2D eigenvalue weighted by atomic mass is 9.93. The van der Waals surface area contributed by atoms with Gasteiger partial charge in [-0.05, 0) is 66.6 Å². The number of aromatic nitrogens is 1. The number of fused-ring (bicyclic) bond motifs is 2. The Morgan fingerprint density at radius 3 is 2.48 bits per heavy atom. The first-order valence-electron chi connectivity index (χ1n) is 9.77. The van der Waals surface area contributed by atoms with Gasteiger partial charge in [0.15, 0.2) is 0 Å². The van der Waals surface area contributed by atoms with Crippen molar-refractivity contribution in [1.82, 2.24) is 4.98 Å². The molecule has 144 valence electrons. The summed E-state index contributed by atoms with van der Waals surface area (Å²) in [6.07, 6.45) is 3.17. The van der Waals surface area contributed by atoms with Gasteiger partial charge in [-0.2, -0.15) is 0 Å². The number of thiazole rings is 1. The van der Waals surface area contributed by atoms with Crippen LogP contribution in [0.5, 0.6) is 0 Å². The number of benzene rings is 3. The summed E-state index contributed by atoms with van der Waals surface area (Å²) in [5, 5.41) is 1.38. The second-order valence-corrected chi connectivity index (χ2v) is 9.18. The number of thioether (sulfide) groups is 1. The number of rotatable bonds is 3. The molecule has 5 rings (SSSR count). The van der Waals surface area contributed by atoms with Crippen molar-refractivity contribution in [3.8, 4) is 0 Å². The van der Waals surface area contributed by atoms with Crippen molar-refractivity contribution in [3.63, 3.8) is 0 Å². The van der Waals surface area contributed by atoms with Crippen LogP contribution in [0.15, 0.2) is 84.4 Å². The summed E-state index contributed by atoms with van der Waals surface area (Å²) in [6, 6.07) is 27.9. The lowest BCUT2D eigenvalue weighted by Crippen LogP contribution is -2.35. The van der Waals surface area contributed by atoms with Crippen LogP contribution < -0.4 is 4.90 Å². The van der Waals surface area contributed by atoms with Crippen LogP contribution in [0.25, 0.3) is 15.8 Å². The van der Waals surface area contributed by atoms with Gasteiger partial charge in [0.2, 0.25) is 0 Å². The summed E-state index contributed by atoms with van der Waals surface area (Å²) < 4.78 is 1.25. The van der Waals surface area contributed by atoms with Crippen molar-refractivity contribution in [2.24, 2.45) is 0 Å². The average molecular weight is 415 g/mol. The van der Waals surface area contributed by atoms with Crippen LogP contribution in [-0.2, 0) is 6.42 Å². The summed E-state index contributed by atoms with van der Waals surface area (Å²) in [6.45, 7) is 2.24. The zero-order chi connectivity index (χ0) is 19.8. The maximum absolute atomic E-state index is 4.94. The smallest absolute Gasteiger partial charge is 0.120 e. The molecule has 0 saturated heterocycles. The number of hydrogen-bond acceptors (Lipinski definition) is 4. The summed E-state index contributed by atoms with van der Waals surface area (Å²) in [4.78, 5) is 7.43. The van der Waals surface area contributed by atoms with E-state index >= 15 is 0 Å². The lowest BCUT2D eigenvalue weighted by molar-refractivity contribution is 0.882. The van der Waals surface area contributed by atoms with Crippen molar-refractivity contribution in [2.45, 2.75) is 18.7 Å². The molecule has 0 spiro atoms. The third kappa shape index (κ3) is 3.26. The Bertz CT molecular complexity index is 1160. The molecule has 2 nitrogen and oxygen atoms in total. The van der Waals surface area contributed by atoms with E-state index in [0.29, 0.717) is 0 Å². The normalized spacial score (nSPS) is 18.0. The predicted octanol–water partition coefficient (Wildman–Crippen LogP) is 7.15. The van der Waals surface area contributed by atoms with E-state index in [1.165, 1.54) is 32.8 Å². The summed E-state index contributed by atoms with van der Waals surface area (Å²) in [7, 11) is 0. The van der Waals surface area contributed by atoms with Crippen LogP contribution in [0.4, 0.5) is 11.4 Å². The van der Waals surface area contributed by atoms with Crippen molar-refractivity contribution < 1.29 is 0 Å². The van der Waals surface area contributed by atoms with Crippen LogP contribution >= 0.6 is 23.1 Å². The molecular formula is C25H22N2S2. The molecule has 1 aliphatic rings. The van der Waals surface area contributed by atoms with Gasteiger partial charge >= 0.3 is 0 Å². The SMILES string of the molecule is CSC1C(=C(C)c2nc3ccccc3s2)Cc2ccccc2N1c1ccccc1. The Morgan fingerprint density at radius 2 is 1.69 bits per heavy atom.